The Morgan fingerprint density at radius 2 is 2.00 bits per heavy atom. The highest BCUT2D eigenvalue weighted by Gasteiger charge is 2.16. The standard InChI is InChI=1S/C9H16ClN3O4/c1-9(2,3)16-8(15)12-5-7(14)17-13-6(11)4-10/h4-5H2,1-3H3,(H2,11,13)(H,12,15). The fraction of sp³-hybridized carbons (Fsp3) is 0.667. The van der Waals surface area contributed by atoms with Gasteiger partial charge in [0.2, 0.25) is 0 Å². The van der Waals surface area contributed by atoms with Gasteiger partial charge in [0, 0.05) is 0 Å². The molecular weight excluding hydrogens is 250 g/mol. The van der Waals surface area contributed by atoms with Gasteiger partial charge in [-0.1, -0.05) is 5.16 Å². The van der Waals surface area contributed by atoms with E-state index in [2.05, 4.69) is 15.3 Å². The predicted octanol–water partition coefficient (Wildman–Crippen LogP) is 0.565. The average Bonchev–Trinajstić information content (AvgIpc) is 2.20. The van der Waals surface area contributed by atoms with Gasteiger partial charge in [-0.15, -0.1) is 11.6 Å². The largest absolute Gasteiger partial charge is 0.444 e. The van der Waals surface area contributed by atoms with Crippen LogP contribution in [0.4, 0.5) is 4.79 Å². The number of nitrogens with two attached hydrogens (primary N) is 1. The van der Waals surface area contributed by atoms with E-state index in [4.69, 9.17) is 22.1 Å². The summed E-state index contributed by atoms with van der Waals surface area (Å²) in [6.07, 6.45) is -0.719. The van der Waals surface area contributed by atoms with E-state index in [1.807, 2.05) is 0 Å². The number of rotatable bonds is 4. The maximum atomic E-state index is 11.1. The van der Waals surface area contributed by atoms with Gasteiger partial charge in [-0.3, -0.25) is 0 Å². The first kappa shape index (κ1) is 15.5. The summed E-state index contributed by atoms with van der Waals surface area (Å²) in [6.45, 7) is 4.75. The number of hydrogen-bond acceptors (Lipinski definition) is 5. The van der Waals surface area contributed by atoms with Gasteiger partial charge in [0.25, 0.3) is 0 Å². The van der Waals surface area contributed by atoms with E-state index < -0.39 is 17.7 Å². The second-order valence-electron chi connectivity index (χ2n) is 4.03. The Hall–Kier alpha value is -1.50. The number of carbonyl (C=O) groups is 2. The molecule has 0 aromatic heterocycles. The monoisotopic (exact) mass is 265 g/mol. The van der Waals surface area contributed by atoms with E-state index >= 15 is 0 Å². The van der Waals surface area contributed by atoms with Crippen LogP contribution in [0.5, 0.6) is 0 Å². The highest BCUT2D eigenvalue weighted by atomic mass is 35.5. The van der Waals surface area contributed by atoms with Gasteiger partial charge in [0.05, 0.1) is 5.88 Å². The number of ether oxygens (including phenoxy) is 1. The van der Waals surface area contributed by atoms with Crippen LogP contribution in [0.25, 0.3) is 0 Å². The van der Waals surface area contributed by atoms with Crippen molar-refractivity contribution in [2.75, 3.05) is 12.4 Å². The molecule has 0 radical (unpaired) electrons. The fourth-order valence-corrected chi connectivity index (χ4v) is 0.674. The number of halogens is 1. The third-order valence-electron chi connectivity index (χ3n) is 1.18. The van der Waals surface area contributed by atoms with Gasteiger partial charge in [0.1, 0.15) is 12.1 Å². The van der Waals surface area contributed by atoms with E-state index in [0.717, 1.165) is 0 Å². The van der Waals surface area contributed by atoms with Crippen LogP contribution in [0, 0.1) is 0 Å². The predicted molar refractivity (Wildman–Crippen MR) is 62.7 cm³/mol. The molecule has 8 heteroatoms. The van der Waals surface area contributed by atoms with Gasteiger partial charge in [-0.2, -0.15) is 0 Å². The molecule has 0 saturated heterocycles. The highest BCUT2D eigenvalue weighted by molar-refractivity contribution is 6.27. The summed E-state index contributed by atoms with van der Waals surface area (Å²) < 4.78 is 4.90. The Labute approximate surface area is 104 Å². The Kier molecular flexibility index (Phi) is 6.34. The number of nitrogens with zero attached hydrogens (tertiary/aromatic N) is 1. The molecule has 0 bridgehead atoms. The van der Waals surface area contributed by atoms with Crippen molar-refractivity contribution in [3.63, 3.8) is 0 Å². The first-order valence-corrected chi connectivity index (χ1v) is 5.33. The number of alkyl carbamates (subject to hydrolysis) is 1. The van der Waals surface area contributed by atoms with Crippen LogP contribution in [0.2, 0.25) is 0 Å². The van der Waals surface area contributed by atoms with Gasteiger partial charge in [-0.05, 0) is 20.8 Å². The summed E-state index contributed by atoms with van der Waals surface area (Å²) >= 11 is 5.30. The summed E-state index contributed by atoms with van der Waals surface area (Å²) in [5, 5.41) is 5.42. The first-order valence-electron chi connectivity index (χ1n) is 4.79. The zero-order valence-electron chi connectivity index (χ0n) is 9.95. The van der Waals surface area contributed by atoms with Crippen molar-refractivity contribution in [2.24, 2.45) is 10.9 Å². The molecule has 0 spiro atoms. The van der Waals surface area contributed by atoms with Gasteiger partial charge >= 0.3 is 12.1 Å². The quantitative estimate of drug-likeness (QED) is 0.254. The third-order valence-corrected chi connectivity index (χ3v) is 1.45. The normalized spacial score (nSPS) is 11.9. The third kappa shape index (κ3) is 9.43. The fourth-order valence-electron chi connectivity index (χ4n) is 0.625. The molecule has 98 valence electrons. The van der Waals surface area contributed by atoms with Crippen LogP contribution in [0.1, 0.15) is 20.8 Å². The molecule has 7 nitrogen and oxygen atoms in total. The minimum absolute atomic E-state index is 0.0303. The van der Waals surface area contributed by atoms with Crippen LogP contribution >= 0.6 is 11.6 Å². The van der Waals surface area contributed by atoms with Crippen molar-refractivity contribution >= 4 is 29.5 Å². The number of carbonyl (C=O) groups excluding carboxylic acids is 2. The summed E-state index contributed by atoms with van der Waals surface area (Å²) in [6, 6.07) is 0. The lowest BCUT2D eigenvalue weighted by Gasteiger charge is -2.19. The maximum absolute atomic E-state index is 11.1. The molecule has 17 heavy (non-hydrogen) atoms. The van der Waals surface area contributed by atoms with Crippen LogP contribution in [0.15, 0.2) is 5.16 Å². The molecule has 0 rings (SSSR count). The molecular formula is C9H16ClN3O4. The van der Waals surface area contributed by atoms with Crippen molar-refractivity contribution in [1.29, 1.82) is 0 Å². The van der Waals surface area contributed by atoms with E-state index in [0.29, 0.717) is 0 Å². The number of nitrogens with one attached hydrogen (secondary N) is 1. The number of amidine groups is 1. The molecule has 0 aliphatic carbocycles. The number of amides is 1. The van der Waals surface area contributed by atoms with Crippen LogP contribution in [-0.2, 0) is 14.4 Å². The molecule has 0 unspecified atom stereocenters. The minimum Gasteiger partial charge on any atom is -0.444 e. The second-order valence-corrected chi connectivity index (χ2v) is 4.30. The molecule has 0 aromatic carbocycles. The molecule has 0 aliphatic heterocycles. The zero-order valence-corrected chi connectivity index (χ0v) is 10.7. The SMILES string of the molecule is CC(C)(C)OC(=O)NCC(=O)O/N=C(\N)CCl. The van der Waals surface area contributed by atoms with E-state index in [9.17, 15) is 9.59 Å². The number of oxime groups is 1. The van der Waals surface area contributed by atoms with E-state index in [-0.39, 0.29) is 18.3 Å². The van der Waals surface area contributed by atoms with Crippen molar-refractivity contribution in [3.05, 3.63) is 0 Å². The summed E-state index contributed by atoms with van der Waals surface area (Å²) in [5.41, 5.74) is 4.56. The lowest BCUT2D eigenvalue weighted by Crippen LogP contribution is -2.35. The lowest BCUT2D eigenvalue weighted by molar-refractivity contribution is -0.142. The number of hydrogen-bond donors (Lipinski definition) is 2. The summed E-state index contributed by atoms with van der Waals surface area (Å²) in [5.74, 6) is -0.853. The molecule has 0 heterocycles. The van der Waals surface area contributed by atoms with Crippen molar-refractivity contribution in [3.8, 4) is 0 Å². The molecule has 3 N–H and O–H groups in total. The summed E-state index contributed by atoms with van der Waals surface area (Å²) in [4.78, 5) is 26.5. The van der Waals surface area contributed by atoms with Crippen LogP contribution in [0.3, 0.4) is 0 Å². The summed E-state index contributed by atoms with van der Waals surface area (Å²) in [7, 11) is 0. The smallest absolute Gasteiger partial charge is 0.408 e. The highest BCUT2D eigenvalue weighted by Crippen LogP contribution is 2.06. The van der Waals surface area contributed by atoms with Crippen LogP contribution < -0.4 is 11.1 Å². The van der Waals surface area contributed by atoms with Gasteiger partial charge in [-0.25, -0.2) is 9.59 Å². The molecule has 0 atom stereocenters. The Morgan fingerprint density at radius 1 is 1.41 bits per heavy atom. The second kappa shape index (κ2) is 6.95. The molecule has 1 amide bonds. The molecule has 0 aliphatic rings. The topological polar surface area (TPSA) is 103 Å². The van der Waals surface area contributed by atoms with Crippen molar-refractivity contribution in [1.82, 2.24) is 5.32 Å². The molecule has 0 saturated carbocycles. The van der Waals surface area contributed by atoms with E-state index in [1.54, 1.807) is 20.8 Å². The Balaban J connectivity index is 3.89. The molecule has 0 aromatic rings. The van der Waals surface area contributed by atoms with Gasteiger partial charge < -0.3 is 20.6 Å². The first-order chi connectivity index (χ1) is 7.74. The maximum Gasteiger partial charge on any atom is 0.408 e. The number of alkyl halides is 1. The zero-order chi connectivity index (χ0) is 13.5. The van der Waals surface area contributed by atoms with Crippen molar-refractivity contribution < 1.29 is 19.2 Å². The Morgan fingerprint density at radius 3 is 2.47 bits per heavy atom. The van der Waals surface area contributed by atoms with E-state index in [1.165, 1.54) is 0 Å². The average molecular weight is 266 g/mol. The van der Waals surface area contributed by atoms with Crippen LogP contribution in [-0.4, -0.2) is 35.9 Å². The van der Waals surface area contributed by atoms with Crippen molar-refractivity contribution in [2.45, 2.75) is 26.4 Å². The Bertz CT molecular complexity index is 312. The minimum atomic E-state index is -0.774. The lowest BCUT2D eigenvalue weighted by atomic mass is 10.2. The molecule has 0 fully saturated rings. The van der Waals surface area contributed by atoms with Gasteiger partial charge in [0.15, 0.2) is 5.84 Å².